The van der Waals surface area contributed by atoms with Gasteiger partial charge in [-0.1, -0.05) is 12.1 Å². The SMILES string of the molecule is CN1CCCC(c2cccc(OCCN)c2)C1. The van der Waals surface area contributed by atoms with Crippen molar-refractivity contribution in [1.82, 2.24) is 4.90 Å². The van der Waals surface area contributed by atoms with Crippen LogP contribution in [0.2, 0.25) is 0 Å². The lowest BCUT2D eigenvalue weighted by Gasteiger charge is -2.30. The number of piperidine rings is 1. The molecule has 1 aromatic carbocycles. The molecular formula is C14H22N2O. The topological polar surface area (TPSA) is 38.5 Å². The Morgan fingerprint density at radius 3 is 3.12 bits per heavy atom. The summed E-state index contributed by atoms with van der Waals surface area (Å²) in [4.78, 5) is 2.40. The molecule has 94 valence electrons. The van der Waals surface area contributed by atoms with Crippen molar-refractivity contribution in [2.45, 2.75) is 18.8 Å². The van der Waals surface area contributed by atoms with Crippen LogP contribution in [0.15, 0.2) is 24.3 Å². The largest absolute Gasteiger partial charge is 0.492 e. The van der Waals surface area contributed by atoms with E-state index < -0.39 is 0 Å². The van der Waals surface area contributed by atoms with E-state index in [-0.39, 0.29) is 0 Å². The van der Waals surface area contributed by atoms with Crippen LogP contribution < -0.4 is 10.5 Å². The van der Waals surface area contributed by atoms with Crippen molar-refractivity contribution in [3.05, 3.63) is 29.8 Å². The number of benzene rings is 1. The minimum atomic E-state index is 0.566. The molecule has 1 heterocycles. The van der Waals surface area contributed by atoms with Crippen LogP contribution in [-0.4, -0.2) is 38.2 Å². The van der Waals surface area contributed by atoms with Gasteiger partial charge in [-0.15, -0.1) is 0 Å². The number of hydrogen-bond acceptors (Lipinski definition) is 3. The maximum atomic E-state index is 5.57. The second-order valence-electron chi connectivity index (χ2n) is 4.81. The highest BCUT2D eigenvalue weighted by Gasteiger charge is 2.18. The van der Waals surface area contributed by atoms with Crippen LogP contribution in [-0.2, 0) is 0 Å². The lowest BCUT2D eigenvalue weighted by Crippen LogP contribution is -2.30. The van der Waals surface area contributed by atoms with Crippen LogP contribution in [0.25, 0.3) is 0 Å². The Labute approximate surface area is 104 Å². The summed E-state index contributed by atoms with van der Waals surface area (Å²) in [5, 5.41) is 0. The molecule has 17 heavy (non-hydrogen) atoms. The molecule has 1 aliphatic heterocycles. The zero-order valence-electron chi connectivity index (χ0n) is 10.6. The summed E-state index contributed by atoms with van der Waals surface area (Å²) < 4.78 is 5.57. The number of likely N-dealkylation sites (N-methyl/N-ethyl adjacent to an activating group) is 1. The van der Waals surface area contributed by atoms with Crippen molar-refractivity contribution in [2.24, 2.45) is 5.73 Å². The van der Waals surface area contributed by atoms with Gasteiger partial charge in [-0.25, -0.2) is 0 Å². The van der Waals surface area contributed by atoms with E-state index in [1.807, 2.05) is 6.07 Å². The Morgan fingerprint density at radius 2 is 2.35 bits per heavy atom. The van der Waals surface area contributed by atoms with Gasteiger partial charge in [0.25, 0.3) is 0 Å². The Kier molecular flexibility index (Phi) is 4.40. The number of ether oxygens (including phenoxy) is 1. The molecule has 3 nitrogen and oxygen atoms in total. The van der Waals surface area contributed by atoms with Crippen molar-refractivity contribution < 1.29 is 4.74 Å². The van der Waals surface area contributed by atoms with Gasteiger partial charge in [-0.2, -0.15) is 0 Å². The molecule has 0 aromatic heterocycles. The van der Waals surface area contributed by atoms with E-state index in [1.165, 1.54) is 24.9 Å². The molecule has 0 radical (unpaired) electrons. The first-order valence-electron chi connectivity index (χ1n) is 6.41. The van der Waals surface area contributed by atoms with E-state index in [1.54, 1.807) is 0 Å². The highest BCUT2D eigenvalue weighted by molar-refractivity contribution is 5.31. The predicted octanol–water partition coefficient (Wildman–Crippen LogP) is 1.83. The predicted molar refractivity (Wildman–Crippen MR) is 70.5 cm³/mol. The fraction of sp³-hybridized carbons (Fsp3) is 0.571. The highest BCUT2D eigenvalue weighted by Crippen LogP contribution is 2.28. The third-order valence-electron chi connectivity index (χ3n) is 3.34. The minimum Gasteiger partial charge on any atom is -0.492 e. The number of hydrogen-bond donors (Lipinski definition) is 1. The smallest absolute Gasteiger partial charge is 0.119 e. The van der Waals surface area contributed by atoms with Crippen LogP contribution in [0.1, 0.15) is 24.3 Å². The molecule has 1 saturated heterocycles. The fourth-order valence-electron chi connectivity index (χ4n) is 2.47. The van der Waals surface area contributed by atoms with Gasteiger partial charge >= 0.3 is 0 Å². The van der Waals surface area contributed by atoms with E-state index in [0.717, 1.165) is 12.3 Å². The molecule has 2 N–H and O–H groups in total. The summed E-state index contributed by atoms with van der Waals surface area (Å²) in [5.41, 5.74) is 6.84. The quantitative estimate of drug-likeness (QED) is 0.864. The molecule has 0 amide bonds. The lowest BCUT2D eigenvalue weighted by atomic mass is 9.91. The van der Waals surface area contributed by atoms with Crippen LogP contribution in [0.5, 0.6) is 5.75 Å². The second kappa shape index (κ2) is 6.03. The molecule has 1 unspecified atom stereocenters. The number of nitrogens with two attached hydrogens (primary N) is 1. The first-order valence-corrected chi connectivity index (χ1v) is 6.41. The third kappa shape index (κ3) is 3.45. The van der Waals surface area contributed by atoms with E-state index >= 15 is 0 Å². The normalized spacial score (nSPS) is 21.4. The van der Waals surface area contributed by atoms with Crippen molar-refractivity contribution in [1.29, 1.82) is 0 Å². The fourth-order valence-corrected chi connectivity index (χ4v) is 2.47. The summed E-state index contributed by atoms with van der Waals surface area (Å²) in [6.45, 7) is 3.53. The monoisotopic (exact) mass is 234 g/mol. The van der Waals surface area contributed by atoms with Crippen molar-refractivity contribution in [3.63, 3.8) is 0 Å². The zero-order chi connectivity index (χ0) is 12.1. The first kappa shape index (κ1) is 12.4. The molecule has 1 aromatic rings. The molecule has 2 rings (SSSR count). The van der Waals surface area contributed by atoms with E-state index in [0.29, 0.717) is 19.1 Å². The standard InChI is InChI=1S/C14H22N2O/c1-16-8-3-5-13(11-16)12-4-2-6-14(10-12)17-9-7-15/h2,4,6,10,13H,3,5,7-9,11,15H2,1H3. The number of likely N-dealkylation sites (tertiary alicyclic amines) is 1. The van der Waals surface area contributed by atoms with Crippen molar-refractivity contribution >= 4 is 0 Å². The van der Waals surface area contributed by atoms with Crippen LogP contribution >= 0.6 is 0 Å². The Morgan fingerprint density at radius 1 is 1.47 bits per heavy atom. The minimum absolute atomic E-state index is 0.566. The molecule has 0 aliphatic carbocycles. The summed E-state index contributed by atoms with van der Waals surface area (Å²) >= 11 is 0. The van der Waals surface area contributed by atoms with E-state index in [4.69, 9.17) is 10.5 Å². The number of nitrogens with zero attached hydrogens (tertiary/aromatic N) is 1. The molecule has 0 bridgehead atoms. The average molecular weight is 234 g/mol. The highest BCUT2D eigenvalue weighted by atomic mass is 16.5. The van der Waals surface area contributed by atoms with Gasteiger partial charge in [-0.05, 0) is 50.0 Å². The van der Waals surface area contributed by atoms with Gasteiger partial charge in [0.1, 0.15) is 12.4 Å². The average Bonchev–Trinajstić information content (AvgIpc) is 2.37. The molecule has 3 heteroatoms. The maximum absolute atomic E-state index is 5.57. The molecule has 1 fully saturated rings. The second-order valence-corrected chi connectivity index (χ2v) is 4.81. The summed E-state index contributed by atoms with van der Waals surface area (Å²) in [5.74, 6) is 1.59. The van der Waals surface area contributed by atoms with Gasteiger partial charge in [0.15, 0.2) is 0 Å². The van der Waals surface area contributed by atoms with Crippen LogP contribution in [0.4, 0.5) is 0 Å². The van der Waals surface area contributed by atoms with Crippen molar-refractivity contribution in [3.8, 4) is 5.75 Å². The zero-order valence-corrected chi connectivity index (χ0v) is 10.6. The van der Waals surface area contributed by atoms with Gasteiger partial charge in [0, 0.05) is 13.1 Å². The van der Waals surface area contributed by atoms with Gasteiger partial charge in [-0.3, -0.25) is 0 Å². The van der Waals surface area contributed by atoms with Crippen LogP contribution in [0.3, 0.4) is 0 Å². The Hall–Kier alpha value is -1.06. The molecule has 1 aliphatic rings. The Balaban J connectivity index is 2.04. The van der Waals surface area contributed by atoms with E-state index in [9.17, 15) is 0 Å². The van der Waals surface area contributed by atoms with Gasteiger partial charge < -0.3 is 15.4 Å². The molecule has 0 saturated carbocycles. The lowest BCUT2D eigenvalue weighted by molar-refractivity contribution is 0.250. The van der Waals surface area contributed by atoms with Gasteiger partial charge in [0.2, 0.25) is 0 Å². The molecule has 1 atom stereocenters. The van der Waals surface area contributed by atoms with Gasteiger partial charge in [0.05, 0.1) is 0 Å². The molecular weight excluding hydrogens is 212 g/mol. The maximum Gasteiger partial charge on any atom is 0.119 e. The van der Waals surface area contributed by atoms with E-state index in [2.05, 4.69) is 30.1 Å². The van der Waals surface area contributed by atoms with Crippen LogP contribution in [0, 0.1) is 0 Å². The Bertz CT molecular complexity index is 354. The summed E-state index contributed by atoms with van der Waals surface area (Å²) in [6, 6.07) is 8.46. The third-order valence-corrected chi connectivity index (χ3v) is 3.34. The first-order chi connectivity index (χ1) is 8.29. The summed E-state index contributed by atoms with van der Waals surface area (Å²) in [6.07, 6.45) is 2.57. The molecule has 0 spiro atoms. The summed E-state index contributed by atoms with van der Waals surface area (Å²) in [7, 11) is 2.20. The van der Waals surface area contributed by atoms with Crippen molar-refractivity contribution in [2.75, 3.05) is 33.3 Å². The number of rotatable bonds is 4.